The van der Waals surface area contributed by atoms with Gasteiger partial charge in [-0.25, -0.2) is 5.01 Å². The highest BCUT2D eigenvalue weighted by Gasteiger charge is 2.24. The fourth-order valence-corrected chi connectivity index (χ4v) is 3.34. The molecule has 0 N–H and O–H groups in total. The third kappa shape index (κ3) is 3.02. The second-order valence-electron chi connectivity index (χ2n) is 5.77. The maximum absolute atomic E-state index is 12.6. The molecule has 0 bridgehead atoms. The number of benzene rings is 2. The summed E-state index contributed by atoms with van der Waals surface area (Å²) < 4.78 is 22.0. The highest BCUT2D eigenvalue weighted by Crippen LogP contribution is 2.33. The Hall–Kier alpha value is -2.67. The van der Waals surface area contributed by atoms with Crippen molar-refractivity contribution in [1.29, 1.82) is 0 Å². The van der Waals surface area contributed by atoms with E-state index in [0.717, 1.165) is 16.2 Å². The normalized spacial score (nSPS) is 16.7. The van der Waals surface area contributed by atoms with Crippen LogP contribution in [-0.4, -0.2) is 40.4 Å². The average molecular weight is 356 g/mol. The molecule has 1 amide bonds. The Balaban J connectivity index is 1.54. The summed E-state index contributed by atoms with van der Waals surface area (Å²) in [5, 5.41) is 5.93. The molecule has 2 aromatic carbocycles. The van der Waals surface area contributed by atoms with Gasteiger partial charge in [0.2, 0.25) is 6.79 Å². The Morgan fingerprint density at radius 2 is 1.88 bits per heavy atom. The zero-order valence-corrected chi connectivity index (χ0v) is 14.4. The number of hydrazone groups is 1. The zero-order chi connectivity index (χ0) is 17.4. The van der Waals surface area contributed by atoms with Crippen LogP contribution < -0.4 is 9.47 Å². The van der Waals surface area contributed by atoms with E-state index >= 15 is 0 Å². The van der Waals surface area contributed by atoms with E-state index in [1.165, 1.54) is 5.01 Å². The van der Waals surface area contributed by atoms with Gasteiger partial charge in [0, 0.05) is 33.9 Å². The molecule has 0 saturated carbocycles. The van der Waals surface area contributed by atoms with E-state index in [1.54, 1.807) is 24.5 Å². The lowest BCUT2D eigenvalue weighted by atomic mass is 10.1. The summed E-state index contributed by atoms with van der Waals surface area (Å²) in [5.41, 5.74) is 2.31. The molecular weight excluding hydrogens is 340 g/mol. The molecule has 4 rings (SSSR count). The van der Waals surface area contributed by atoms with Crippen LogP contribution in [0.5, 0.6) is 11.5 Å². The molecule has 1 unspecified atom stereocenters. The molecule has 0 aliphatic carbocycles. The van der Waals surface area contributed by atoms with Gasteiger partial charge in [0.05, 0.1) is 12.3 Å². The summed E-state index contributed by atoms with van der Waals surface area (Å²) in [7, 11) is -1.00. The van der Waals surface area contributed by atoms with E-state index in [-0.39, 0.29) is 12.7 Å². The third-order valence-corrected chi connectivity index (χ3v) is 5.11. The van der Waals surface area contributed by atoms with Crippen LogP contribution in [0.25, 0.3) is 0 Å². The van der Waals surface area contributed by atoms with Crippen molar-refractivity contribution in [3.8, 4) is 11.5 Å². The monoisotopic (exact) mass is 356 g/mol. The van der Waals surface area contributed by atoms with Gasteiger partial charge in [-0.05, 0) is 35.9 Å². The lowest BCUT2D eigenvalue weighted by Crippen LogP contribution is -2.23. The zero-order valence-electron chi connectivity index (χ0n) is 13.6. The van der Waals surface area contributed by atoms with E-state index < -0.39 is 10.8 Å². The summed E-state index contributed by atoms with van der Waals surface area (Å²) in [5.74, 6) is 1.06. The Morgan fingerprint density at radius 1 is 1.12 bits per heavy atom. The first-order valence-corrected chi connectivity index (χ1v) is 9.40. The van der Waals surface area contributed by atoms with Crippen LogP contribution in [0.1, 0.15) is 22.3 Å². The van der Waals surface area contributed by atoms with Crippen molar-refractivity contribution < 1.29 is 18.5 Å². The van der Waals surface area contributed by atoms with E-state index in [1.807, 2.05) is 24.3 Å². The molecule has 2 aliphatic rings. The minimum Gasteiger partial charge on any atom is -0.454 e. The largest absolute Gasteiger partial charge is 0.454 e. The SMILES string of the molecule is CS(=O)c1ccc(C2=NN(C(=O)c3ccc4c(c3)OCO4)CC2)cc1. The molecule has 0 radical (unpaired) electrons. The highest BCUT2D eigenvalue weighted by molar-refractivity contribution is 7.84. The topological polar surface area (TPSA) is 68.2 Å². The second-order valence-corrected chi connectivity index (χ2v) is 7.15. The van der Waals surface area contributed by atoms with Gasteiger partial charge in [-0.15, -0.1) is 0 Å². The first-order chi connectivity index (χ1) is 12.1. The number of amides is 1. The third-order valence-electron chi connectivity index (χ3n) is 4.18. The first kappa shape index (κ1) is 15.8. The number of ether oxygens (including phenoxy) is 2. The smallest absolute Gasteiger partial charge is 0.274 e. The van der Waals surface area contributed by atoms with E-state index in [4.69, 9.17) is 9.47 Å². The lowest BCUT2D eigenvalue weighted by molar-refractivity contribution is 0.0778. The van der Waals surface area contributed by atoms with Gasteiger partial charge in [0.25, 0.3) is 5.91 Å². The number of nitrogens with zero attached hydrogens (tertiary/aromatic N) is 2. The summed E-state index contributed by atoms with van der Waals surface area (Å²) in [6.45, 7) is 0.710. The molecule has 0 saturated heterocycles. The Bertz CT molecular complexity index is 892. The van der Waals surface area contributed by atoms with Crippen LogP contribution in [0.15, 0.2) is 52.5 Å². The first-order valence-electron chi connectivity index (χ1n) is 7.85. The van der Waals surface area contributed by atoms with E-state index in [0.29, 0.717) is 30.0 Å². The van der Waals surface area contributed by atoms with Crippen molar-refractivity contribution in [2.24, 2.45) is 5.10 Å². The summed E-state index contributed by atoms with van der Waals surface area (Å²) in [6.07, 6.45) is 2.33. The number of rotatable bonds is 3. The second kappa shape index (κ2) is 6.33. The van der Waals surface area contributed by atoms with Crippen molar-refractivity contribution in [2.45, 2.75) is 11.3 Å². The van der Waals surface area contributed by atoms with Crippen LogP contribution in [0.2, 0.25) is 0 Å². The summed E-state index contributed by atoms with van der Waals surface area (Å²) in [6, 6.07) is 12.6. The minimum atomic E-state index is -1.00. The molecule has 128 valence electrons. The summed E-state index contributed by atoms with van der Waals surface area (Å²) >= 11 is 0. The number of hydrogen-bond donors (Lipinski definition) is 0. The van der Waals surface area contributed by atoms with Crippen molar-refractivity contribution in [2.75, 3.05) is 19.6 Å². The molecule has 2 aliphatic heterocycles. The van der Waals surface area contributed by atoms with Crippen molar-refractivity contribution in [1.82, 2.24) is 5.01 Å². The molecule has 2 heterocycles. The fraction of sp³-hybridized carbons (Fsp3) is 0.222. The number of carbonyl (C=O) groups is 1. The number of carbonyl (C=O) groups excluding carboxylic acids is 1. The highest BCUT2D eigenvalue weighted by atomic mass is 32.2. The summed E-state index contributed by atoms with van der Waals surface area (Å²) in [4.78, 5) is 13.4. The minimum absolute atomic E-state index is 0.167. The molecule has 6 nitrogen and oxygen atoms in total. The standard InChI is InChI=1S/C18H16N2O4S/c1-25(22)14-5-2-12(3-6-14)15-8-9-20(19-15)18(21)13-4-7-16-17(10-13)24-11-23-16/h2-7,10H,8-9,11H2,1H3. The molecular formula is C18H16N2O4S. The Labute approximate surface area is 147 Å². The van der Waals surface area contributed by atoms with Gasteiger partial charge >= 0.3 is 0 Å². The quantitative estimate of drug-likeness (QED) is 0.847. The van der Waals surface area contributed by atoms with Crippen LogP contribution in [0.3, 0.4) is 0 Å². The lowest BCUT2D eigenvalue weighted by Gasteiger charge is -2.11. The Morgan fingerprint density at radius 3 is 2.64 bits per heavy atom. The van der Waals surface area contributed by atoms with Gasteiger partial charge < -0.3 is 9.47 Å². The van der Waals surface area contributed by atoms with Crippen LogP contribution in [0.4, 0.5) is 0 Å². The van der Waals surface area contributed by atoms with Gasteiger partial charge in [0.1, 0.15) is 0 Å². The van der Waals surface area contributed by atoms with Crippen LogP contribution in [0, 0.1) is 0 Å². The molecule has 25 heavy (non-hydrogen) atoms. The van der Waals surface area contributed by atoms with E-state index in [9.17, 15) is 9.00 Å². The number of fused-ring (bicyclic) bond motifs is 1. The van der Waals surface area contributed by atoms with Crippen molar-refractivity contribution in [3.05, 3.63) is 53.6 Å². The van der Waals surface area contributed by atoms with Crippen molar-refractivity contribution >= 4 is 22.4 Å². The molecule has 2 aromatic rings. The number of hydrogen-bond acceptors (Lipinski definition) is 5. The molecule has 1 atom stereocenters. The van der Waals surface area contributed by atoms with E-state index in [2.05, 4.69) is 5.10 Å². The molecule has 7 heteroatoms. The maximum atomic E-state index is 12.6. The van der Waals surface area contributed by atoms with Gasteiger partial charge in [-0.3, -0.25) is 9.00 Å². The maximum Gasteiger partial charge on any atom is 0.274 e. The molecule has 0 fully saturated rings. The molecule has 0 spiro atoms. The van der Waals surface area contributed by atoms with Crippen LogP contribution in [-0.2, 0) is 10.8 Å². The van der Waals surface area contributed by atoms with Gasteiger partial charge in [0.15, 0.2) is 11.5 Å². The fourth-order valence-electron chi connectivity index (χ4n) is 2.82. The molecule has 0 aromatic heterocycles. The van der Waals surface area contributed by atoms with Gasteiger partial charge in [-0.2, -0.15) is 5.10 Å². The predicted molar refractivity (Wildman–Crippen MR) is 93.5 cm³/mol. The Kier molecular flexibility index (Phi) is 4.01. The predicted octanol–water partition coefficient (Wildman–Crippen LogP) is 2.40. The average Bonchev–Trinajstić information content (AvgIpc) is 3.30. The van der Waals surface area contributed by atoms with Gasteiger partial charge in [-0.1, -0.05) is 12.1 Å². The van der Waals surface area contributed by atoms with Crippen molar-refractivity contribution in [3.63, 3.8) is 0 Å². The van der Waals surface area contributed by atoms with Crippen LogP contribution >= 0.6 is 0 Å².